The second-order valence-electron chi connectivity index (χ2n) is 5.77. The highest BCUT2D eigenvalue weighted by atomic mass is 16.4. The molecule has 4 N–H and O–H groups in total. The highest BCUT2D eigenvalue weighted by Crippen LogP contribution is 2.52. The Morgan fingerprint density at radius 3 is 2.35 bits per heavy atom. The largest absolute Gasteiger partial charge is 0.409 e. The van der Waals surface area contributed by atoms with E-state index in [0.717, 1.165) is 0 Å². The molecular formula is C12H21N3O2. The van der Waals surface area contributed by atoms with Crippen LogP contribution in [-0.4, -0.2) is 23.5 Å². The van der Waals surface area contributed by atoms with Gasteiger partial charge in [0.15, 0.2) is 5.84 Å². The summed E-state index contributed by atoms with van der Waals surface area (Å²) in [6.07, 6.45) is 3.73. The summed E-state index contributed by atoms with van der Waals surface area (Å²) in [6, 6.07) is 0. The molecule has 2 saturated carbocycles. The second kappa shape index (κ2) is 3.89. The Bertz CT molecular complexity index is 355. The molecule has 5 heteroatoms. The normalized spacial score (nSPS) is 24.5. The van der Waals surface area contributed by atoms with Crippen molar-refractivity contribution in [3.05, 3.63) is 0 Å². The maximum Gasteiger partial charge on any atom is 0.233 e. The zero-order valence-corrected chi connectivity index (χ0v) is 10.5. The first-order chi connectivity index (χ1) is 7.97. The highest BCUT2D eigenvalue weighted by molar-refractivity contribution is 6.09. The zero-order chi connectivity index (χ0) is 12.7. The van der Waals surface area contributed by atoms with Crippen LogP contribution in [0.5, 0.6) is 0 Å². The van der Waals surface area contributed by atoms with Gasteiger partial charge >= 0.3 is 0 Å². The molecule has 0 unspecified atom stereocenters. The van der Waals surface area contributed by atoms with Crippen LogP contribution in [0.3, 0.4) is 0 Å². The lowest BCUT2D eigenvalue weighted by Crippen LogP contribution is -2.43. The molecule has 0 heterocycles. The molecule has 0 atom stereocenters. The Balaban J connectivity index is 1.91. The topological polar surface area (TPSA) is 87.7 Å². The van der Waals surface area contributed by atoms with Gasteiger partial charge in [0.05, 0.1) is 0 Å². The molecule has 0 aliphatic heterocycles. The molecule has 0 aromatic carbocycles. The molecule has 96 valence electrons. The maximum atomic E-state index is 12.0. The molecule has 0 radical (unpaired) electrons. The Morgan fingerprint density at radius 2 is 2.00 bits per heavy atom. The van der Waals surface area contributed by atoms with Crippen molar-refractivity contribution in [2.75, 3.05) is 6.54 Å². The van der Waals surface area contributed by atoms with Gasteiger partial charge in [0.1, 0.15) is 5.41 Å². The number of amidine groups is 1. The Hall–Kier alpha value is -1.26. The lowest BCUT2D eigenvalue weighted by molar-refractivity contribution is -0.124. The van der Waals surface area contributed by atoms with Gasteiger partial charge in [0.25, 0.3) is 0 Å². The molecule has 2 fully saturated rings. The van der Waals surface area contributed by atoms with Crippen LogP contribution < -0.4 is 11.1 Å². The van der Waals surface area contributed by atoms with Gasteiger partial charge in [0.2, 0.25) is 5.91 Å². The molecule has 5 nitrogen and oxygen atoms in total. The summed E-state index contributed by atoms with van der Waals surface area (Å²) in [7, 11) is 0. The number of nitrogens with zero attached hydrogens (tertiary/aromatic N) is 1. The molecule has 2 rings (SSSR count). The summed E-state index contributed by atoms with van der Waals surface area (Å²) < 4.78 is 0. The van der Waals surface area contributed by atoms with Crippen molar-refractivity contribution >= 4 is 11.7 Å². The van der Waals surface area contributed by atoms with Gasteiger partial charge in [-0.25, -0.2) is 0 Å². The zero-order valence-electron chi connectivity index (χ0n) is 10.5. The van der Waals surface area contributed by atoms with Crippen molar-refractivity contribution in [2.24, 2.45) is 27.6 Å². The molecule has 0 spiro atoms. The maximum absolute atomic E-state index is 12.0. The monoisotopic (exact) mass is 239 g/mol. The first-order valence-electron chi connectivity index (χ1n) is 6.23. The van der Waals surface area contributed by atoms with Gasteiger partial charge in [-0.3, -0.25) is 4.79 Å². The summed E-state index contributed by atoms with van der Waals surface area (Å²) in [5.74, 6) is 0.547. The van der Waals surface area contributed by atoms with E-state index in [1.165, 1.54) is 12.8 Å². The van der Waals surface area contributed by atoms with Crippen LogP contribution in [0, 0.1) is 16.7 Å². The van der Waals surface area contributed by atoms with Crippen molar-refractivity contribution in [1.29, 1.82) is 0 Å². The van der Waals surface area contributed by atoms with E-state index < -0.39 is 5.41 Å². The number of oxime groups is 1. The van der Waals surface area contributed by atoms with Crippen molar-refractivity contribution < 1.29 is 10.0 Å². The number of rotatable bonds is 5. The van der Waals surface area contributed by atoms with E-state index in [-0.39, 0.29) is 17.2 Å². The van der Waals surface area contributed by atoms with Gasteiger partial charge < -0.3 is 16.3 Å². The number of nitrogens with two attached hydrogens (primary N) is 1. The molecule has 2 aliphatic carbocycles. The average Bonchev–Trinajstić information content (AvgIpc) is 3.16. The lowest BCUT2D eigenvalue weighted by atomic mass is 9.92. The summed E-state index contributed by atoms with van der Waals surface area (Å²) >= 11 is 0. The van der Waals surface area contributed by atoms with Crippen LogP contribution in [0.25, 0.3) is 0 Å². The van der Waals surface area contributed by atoms with Crippen molar-refractivity contribution in [2.45, 2.75) is 39.5 Å². The highest BCUT2D eigenvalue weighted by Gasteiger charge is 2.55. The van der Waals surface area contributed by atoms with E-state index in [4.69, 9.17) is 10.9 Å². The van der Waals surface area contributed by atoms with Gasteiger partial charge in [-0.1, -0.05) is 19.0 Å². The van der Waals surface area contributed by atoms with E-state index in [1.807, 2.05) is 0 Å². The van der Waals surface area contributed by atoms with E-state index in [0.29, 0.717) is 25.3 Å². The smallest absolute Gasteiger partial charge is 0.233 e. The predicted molar refractivity (Wildman–Crippen MR) is 64.6 cm³/mol. The minimum absolute atomic E-state index is 0.0457. The Labute approximate surface area is 101 Å². The summed E-state index contributed by atoms with van der Waals surface area (Å²) in [5.41, 5.74) is 5.14. The third-order valence-corrected chi connectivity index (χ3v) is 4.50. The molecule has 0 saturated heterocycles. The molecule has 0 aromatic rings. The first kappa shape index (κ1) is 12.2. The van der Waals surface area contributed by atoms with Crippen LogP contribution in [0.15, 0.2) is 5.16 Å². The van der Waals surface area contributed by atoms with Crippen LogP contribution >= 0.6 is 0 Å². The molecule has 0 bridgehead atoms. The number of carbonyl (C=O) groups is 1. The summed E-state index contributed by atoms with van der Waals surface area (Å²) in [4.78, 5) is 12.0. The molecule has 1 amide bonds. The minimum Gasteiger partial charge on any atom is -0.409 e. The van der Waals surface area contributed by atoms with E-state index in [2.05, 4.69) is 24.3 Å². The summed E-state index contributed by atoms with van der Waals surface area (Å²) in [6.45, 7) is 5.09. The Kier molecular flexibility index (Phi) is 2.79. The lowest BCUT2D eigenvalue weighted by Gasteiger charge is -2.22. The fourth-order valence-electron chi connectivity index (χ4n) is 2.36. The third-order valence-electron chi connectivity index (χ3n) is 4.50. The predicted octanol–water partition coefficient (Wildman–Crippen LogP) is 1.07. The quantitative estimate of drug-likeness (QED) is 0.290. The minimum atomic E-state index is -0.720. The van der Waals surface area contributed by atoms with Crippen molar-refractivity contribution in [3.8, 4) is 0 Å². The van der Waals surface area contributed by atoms with E-state index in [1.54, 1.807) is 0 Å². The number of hydrogen-bond acceptors (Lipinski definition) is 3. The third kappa shape index (κ3) is 1.98. The van der Waals surface area contributed by atoms with E-state index >= 15 is 0 Å². The van der Waals surface area contributed by atoms with Gasteiger partial charge in [-0.15, -0.1) is 0 Å². The molecule has 17 heavy (non-hydrogen) atoms. The van der Waals surface area contributed by atoms with Crippen molar-refractivity contribution in [3.63, 3.8) is 0 Å². The van der Waals surface area contributed by atoms with E-state index in [9.17, 15) is 4.79 Å². The van der Waals surface area contributed by atoms with Crippen LogP contribution in [0.4, 0.5) is 0 Å². The number of hydrogen-bond donors (Lipinski definition) is 3. The van der Waals surface area contributed by atoms with Crippen molar-refractivity contribution in [1.82, 2.24) is 5.32 Å². The number of amides is 1. The van der Waals surface area contributed by atoms with Crippen LogP contribution in [-0.2, 0) is 4.79 Å². The molecule has 2 aliphatic rings. The van der Waals surface area contributed by atoms with Gasteiger partial charge in [0, 0.05) is 6.54 Å². The second-order valence-corrected chi connectivity index (χ2v) is 5.77. The van der Waals surface area contributed by atoms with Crippen LogP contribution in [0.1, 0.15) is 39.5 Å². The molecular weight excluding hydrogens is 218 g/mol. The fourth-order valence-corrected chi connectivity index (χ4v) is 2.36. The molecule has 0 aromatic heterocycles. The standard InChI is InChI=1S/C12H21N3O2/c1-8(2)11(3-4-11)7-14-10(16)12(5-6-12)9(13)15-17/h8,17H,3-7H2,1-2H3,(H2,13,15)(H,14,16). The van der Waals surface area contributed by atoms with Gasteiger partial charge in [-0.2, -0.15) is 0 Å². The van der Waals surface area contributed by atoms with Crippen LogP contribution in [0.2, 0.25) is 0 Å². The Morgan fingerprint density at radius 1 is 1.41 bits per heavy atom. The first-order valence-corrected chi connectivity index (χ1v) is 6.23. The van der Waals surface area contributed by atoms with Gasteiger partial charge in [-0.05, 0) is 37.0 Å². The summed E-state index contributed by atoms with van der Waals surface area (Å²) in [5, 5.41) is 14.6. The number of nitrogens with one attached hydrogen (secondary N) is 1. The fraction of sp³-hybridized carbons (Fsp3) is 0.833. The number of carbonyl (C=O) groups excluding carboxylic acids is 1. The SMILES string of the molecule is CC(C)C1(CNC(=O)C2(C(N)=NO)CC2)CC1. The average molecular weight is 239 g/mol.